The number of esters is 1. The molecular formula is C15H14ClF5N2O4. The van der Waals surface area contributed by atoms with Crippen LogP contribution in [-0.2, 0) is 4.74 Å². The van der Waals surface area contributed by atoms with Crippen molar-refractivity contribution in [3.8, 4) is 0 Å². The minimum atomic E-state index is -5.23. The van der Waals surface area contributed by atoms with Crippen molar-refractivity contribution in [2.45, 2.75) is 38.7 Å². The van der Waals surface area contributed by atoms with Gasteiger partial charge in [0, 0.05) is 0 Å². The average molecular weight is 417 g/mol. The van der Waals surface area contributed by atoms with Crippen LogP contribution < -0.4 is 10.2 Å². The van der Waals surface area contributed by atoms with E-state index in [1.165, 1.54) is 19.2 Å². The first-order chi connectivity index (χ1) is 12.3. The molecule has 2 rings (SSSR count). The van der Waals surface area contributed by atoms with Crippen molar-refractivity contribution in [1.29, 1.82) is 0 Å². The van der Waals surface area contributed by atoms with Crippen molar-refractivity contribution in [1.82, 2.24) is 5.32 Å². The van der Waals surface area contributed by atoms with Crippen LogP contribution in [0.15, 0.2) is 23.7 Å². The fourth-order valence-electron chi connectivity index (χ4n) is 2.30. The highest BCUT2D eigenvalue weighted by Gasteiger charge is 2.46. The molecule has 12 heteroatoms. The van der Waals surface area contributed by atoms with Crippen LogP contribution >= 0.6 is 11.6 Å². The van der Waals surface area contributed by atoms with E-state index in [1.54, 1.807) is 0 Å². The van der Waals surface area contributed by atoms with E-state index in [-0.39, 0.29) is 9.92 Å². The Morgan fingerprint density at radius 3 is 2.41 bits per heavy atom. The number of allylic oxidation sites excluding steroid dienone is 1. The maximum atomic E-state index is 14.3. The number of ether oxygens (including phenoxy) is 1. The summed E-state index contributed by atoms with van der Waals surface area (Å²) in [6.45, 7) is 3.05. The SMILES string of the molecule is CC(C)OC(=O)c1cc(N2C(O)NC(C(F)(F)F)=C(F)C2O)c(F)cc1Cl. The van der Waals surface area contributed by atoms with Crippen LogP contribution in [0, 0.1) is 5.82 Å². The average Bonchev–Trinajstić information content (AvgIpc) is 2.50. The van der Waals surface area contributed by atoms with Gasteiger partial charge in [-0.2, -0.15) is 13.2 Å². The molecule has 1 heterocycles. The minimum Gasteiger partial charge on any atom is -0.459 e. The zero-order chi connectivity index (χ0) is 20.7. The molecule has 0 bridgehead atoms. The monoisotopic (exact) mass is 416 g/mol. The lowest BCUT2D eigenvalue weighted by molar-refractivity contribution is -0.110. The number of carbonyl (C=O) groups excluding carboxylic acids is 1. The third-order valence-electron chi connectivity index (χ3n) is 3.43. The zero-order valence-electron chi connectivity index (χ0n) is 13.8. The largest absolute Gasteiger partial charge is 0.459 e. The predicted molar refractivity (Wildman–Crippen MR) is 83.8 cm³/mol. The van der Waals surface area contributed by atoms with Gasteiger partial charge in [0.25, 0.3) is 0 Å². The lowest BCUT2D eigenvalue weighted by Crippen LogP contribution is -2.57. The molecule has 27 heavy (non-hydrogen) atoms. The van der Waals surface area contributed by atoms with Crippen molar-refractivity contribution >= 4 is 23.3 Å². The van der Waals surface area contributed by atoms with Gasteiger partial charge in [0.05, 0.1) is 22.4 Å². The summed E-state index contributed by atoms with van der Waals surface area (Å²) in [5.74, 6) is -4.31. The van der Waals surface area contributed by atoms with E-state index in [2.05, 4.69) is 0 Å². The zero-order valence-corrected chi connectivity index (χ0v) is 14.6. The second-order valence-electron chi connectivity index (χ2n) is 5.76. The fraction of sp³-hybridized carbons (Fsp3) is 0.400. The third kappa shape index (κ3) is 4.25. The minimum absolute atomic E-state index is 0.169. The van der Waals surface area contributed by atoms with Crippen molar-refractivity contribution in [2.75, 3.05) is 4.90 Å². The summed E-state index contributed by atoms with van der Waals surface area (Å²) >= 11 is 5.77. The van der Waals surface area contributed by atoms with E-state index in [4.69, 9.17) is 16.3 Å². The van der Waals surface area contributed by atoms with Gasteiger partial charge in [0.15, 0.2) is 17.8 Å². The molecule has 2 unspecified atom stereocenters. The van der Waals surface area contributed by atoms with Crippen LogP contribution in [-0.4, -0.2) is 41.0 Å². The highest BCUT2D eigenvalue weighted by Crippen LogP contribution is 2.37. The molecule has 150 valence electrons. The summed E-state index contributed by atoms with van der Waals surface area (Å²) in [5.41, 5.74) is -3.18. The first kappa shape index (κ1) is 21.2. The van der Waals surface area contributed by atoms with E-state index in [9.17, 15) is 37.0 Å². The van der Waals surface area contributed by atoms with E-state index < -0.39 is 59.4 Å². The lowest BCUT2D eigenvalue weighted by Gasteiger charge is -2.39. The number of anilines is 1. The normalized spacial score (nSPS) is 20.8. The van der Waals surface area contributed by atoms with Gasteiger partial charge < -0.3 is 20.3 Å². The molecule has 0 spiro atoms. The molecule has 0 amide bonds. The molecule has 0 aromatic heterocycles. The Hall–Kier alpha value is -2.11. The summed E-state index contributed by atoms with van der Waals surface area (Å²) in [7, 11) is 0. The molecule has 0 radical (unpaired) electrons. The van der Waals surface area contributed by atoms with Crippen LogP contribution in [0.3, 0.4) is 0 Å². The van der Waals surface area contributed by atoms with Gasteiger partial charge in [-0.3, -0.25) is 4.90 Å². The second-order valence-corrected chi connectivity index (χ2v) is 6.16. The lowest BCUT2D eigenvalue weighted by atomic mass is 10.1. The predicted octanol–water partition coefficient (Wildman–Crippen LogP) is 2.79. The molecule has 0 saturated carbocycles. The number of nitrogens with zero attached hydrogens (tertiary/aromatic N) is 1. The van der Waals surface area contributed by atoms with Gasteiger partial charge in [-0.05, 0) is 26.0 Å². The maximum absolute atomic E-state index is 14.3. The number of hydrogen-bond donors (Lipinski definition) is 3. The molecule has 1 aromatic rings. The number of aliphatic hydroxyl groups excluding tert-OH is 2. The van der Waals surface area contributed by atoms with Gasteiger partial charge in [-0.1, -0.05) is 11.6 Å². The summed E-state index contributed by atoms with van der Waals surface area (Å²) in [5, 5.41) is 20.7. The summed E-state index contributed by atoms with van der Waals surface area (Å²) in [6, 6.07) is 1.34. The number of hydrogen-bond acceptors (Lipinski definition) is 6. The van der Waals surface area contributed by atoms with E-state index in [0.717, 1.165) is 6.07 Å². The van der Waals surface area contributed by atoms with Gasteiger partial charge in [-0.25, -0.2) is 13.6 Å². The van der Waals surface area contributed by atoms with Crippen molar-refractivity contribution in [3.05, 3.63) is 40.1 Å². The molecule has 1 aliphatic rings. The standard InChI is InChI=1S/C15H14ClF5N2O4/c1-5(2)27-13(25)6-3-9(8(17)4-7(6)16)23-12(24)10(18)11(15(19,20)21)22-14(23)26/h3-5,12,14,22,24,26H,1-2H3. The quantitative estimate of drug-likeness (QED) is 0.519. The Bertz CT molecular complexity index is 784. The van der Waals surface area contributed by atoms with Crippen LogP contribution in [0.25, 0.3) is 0 Å². The number of aliphatic hydroxyl groups is 2. The number of benzene rings is 1. The number of alkyl halides is 3. The summed E-state index contributed by atoms with van der Waals surface area (Å²) < 4.78 is 71.3. The van der Waals surface area contributed by atoms with Crippen LogP contribution in [0.1, 0.15) is 24.2 Å². The molecule has 0 fully saturated rings. The highest BCUT2D eigenvalue weighted by atomic mass is 35.5. The number of carbonyl (C=O) groups is 1. The van der Waals surface area contributed by atoms with Crippen LogP contribution in [0.4, 0.5) is 27.6 Å². The first-order valence-corrected chi connectivity index (χ1v) is 7.80. The van der Waals surface area contributed by atoms with Gasteiger partial charge >= 0.3 is 12.1 Å². The Balaban J connectivity index is 2.52. The summed E-state index contributed by atoms with van der Waals surface area (Å²) in [6.07, 6.45) is -10.8. The van der Waals surface area contributed by atoms with Gasteiger partial charge in [-0.15, -0.1) is 0 Å². The maximum Gasteiger partial charge on any atom is 0.433 e. The molecule has 0 saturated heterocycles. The molecule has 6 nitrogen and oxygen atoms in total. The van der Waals surface area contributed by atoms with E-state index in [0.29, 0.717) is 6.07 Å². The topological polar surface area (TPSA) is 82.0 Å². The first-order valence-electron chi connectivity index (χ1n) is 7.42. The smallest absolute Gasteiger partial charge is 0.433 e. The number of halogens is 6. The molecule has 1 aromatic carbocycles. The molecule has 3 N–H and O–H groups in total. The van der Waals surface area contributed by atoms with Crippen molar-refractivity contribution in [3.63, 3.8) is 0 Å². The van der Waals surface area contributed by atoms with E-state index in [1.807, 2.05) is 0 Å². The van der Waals surface area contributed by atoms with Gasteiger partial charge in [0.1, 0.15) is 5.82 Å². The molecule has 2 atom stereocenters. The number of rotatable bonds is 3. The van der Waals surface area contributed by atoms with Crippen LogP contribution in [0.2, 0.25) is 5.02 Å². The van der Waals surface area contributed by atoms with Crippen molar-refractivity contribution in [2.24, 2.45) is 0 Å². The van der Waals surface area contributed by atoms with Crippen molar-refractivity contribution < 1.29 is 41.7 Å². The third-order valence-corrected chi connectivity index (χ3v) is 3.74. The fourth-order valence-corrected chi connectivity index (χ4v) is 2.53. The highest BCUT2D eigenvalue weighted by molar-refractivity contribution is 6.33. The molecule has 1 aliphatic heterocycles. The Morgan fingerprint density at radius 2 is 1.89 bits per heavy atom. The Labute approximate surface area is 154 Å². The van der Waals surface area contributed by atoms with E-state index >= 15 is 0 Å². The molecular weight excluding hydrogens is 403 g/mol. The second kappa shape index (κ2) is 7.49. The number of nitrogens with one attached hydrogen (secondary N) is 1. The van der Waals surface area contributed by atoms with Gasteiger partial charge in [0.2, 0.25) is 6.35 Å². The molecule has 0 aliphatic carbocycles. The Kier molecular flexibility index (Phi) is 5.88. The summed E-state index contributed by atoms with van der Waals surface area (Å²) in [4.78, 5) is 12.2. The Morgan fingerprint density at radius 1 is 1.30 bits per heavy atom. The van der Waals surface area contributed by atoms with Crippen LogP contribution in [0.5, 0.6) is 0 Å².